The van der Waals surface area contributed by atoms with Gasteiger partial charge in [-0.05, 0) is 50.6 Å². The van der Waals surface area contributed by atoms with Crippen molar-refractivity contribution >= 4 is 41.0 Å². The van der Waals surface area contributed by atoms with E-state index in [0.717, 1.165) is 49.9 Å². The van der Waals surface area contributed by atoms with Crippen molar-refractivity contribution in [2.24, 2.45) is 0 Å². The van der Waals surface area contributed by atoms with Crippen molar-refractivity contribution in [3.63, 3.8) is 0 Å². The molecule has 0 spiro atoms. The van der Waals surface area contributed by atoms with Gasteiger partial charge in [-0.25, -0.2) is 9.78 Å². The van der Waals surface area contributed by atoms with Crippen molar-refractivity contribution in [2.75, 3.05) is 68.7 Å². The fourth-order valence-electron chi connectivity index (χ4n) is 5.00. The first-order chi connectivity index (χ1) is 18.8. The largest absolute Gasteiger partial charge is 0.481 e. The van der Waals surface area contributed by atoms with E-state index >= 15 is 0 Å². The van der Waals surface area contributed by atoms with E-state index in [9.17, 15) is 14.9 Å². The Balaban J connectivity index is 1.32. The normalized spacial score (nSPS) is 18.3. The molecule has 5 rings (SSSR count). The van der Waals surface area contributed by atoms with Gasteiger partial charge in [0.1, 0.15) is 17.7 Å². The number of hydrogen-bond acceptors (Lipinski definition) is 9. The lowest BCUT2D eigenvalue weighted by atomic mass is 10.0. The zero-order chi connectivity index (χ0) is 27.6. The minimum Gasteiger partial charge on any atom is -0.481 e. The number of urea groups is 1. The van der Waals surface area contributed by atoms with Gasteiger partial charge in [-0.1, -0.05) is 0 Å². The number of aromatic nitrogens is 2. The number of thioether (sulfide) groups is 1. The number of nitrogens with zero attached hydrogens (tertiary/aromatic N) is 6. The Labute approximate surface area is 232 Å². The Morgan fingerprint density at radius 3 is 2.79 bits per heavy atom. The Bertz CT molecular complexity index is 1310. The second-order valence-electron chi connectivity index (χ2n) is 10.3. The number of carbonyl (C=O) groups excluding carboxylic acids is 2. The molecule has 0 bridgehead atoms. The maximum atomic E-state index is 13.4. The van der Waals surface area contributed by atoms with Gasteiger partial charge in [-0.3, -0.25) is 19.9 Å². The first-order valence-electron chi connectivity index (χ1n) is 13.2. The quantitative estimate of drug-likeness (QED) is 0.510. The van der Waals surface area contributed by atoms with Gasteiger partial charge in [0, 0.05) is 48.8 Å². The molecular weight excluding hydrogens is 516 g/mol. The Hall–Kier alpha value is -3.56. The maximum Gasteiger partial charge on any atom is 0.328 e. The van der Waals surface area contributed by atoms with Crippen LogP contribution in [0.3, 0.4) is 0 Å². The average Bonchev–Trinajstić information content (AvgIpc) is 3.73. The van der Waals surface area contributed by atoms with Crippen molar-refractivity contribution in [3.05, 3.63) is 35.0 Å². The predicted octanol–water partition coefficient (Wildman–Crippen LogP) is 2.92. The minimum atomic E-state index is -0.349. The highest BCUT2D eigenvalue weighted by molar-refractivity contribution is 8.00. The van der Waals surface area contributed by atoms with Crippen LogP contribution in [0.15, 0.2) is 18.3 Å². The molecule has 0 atom stereocenters. The van der Waals surface area contributed by atoms with E-state index in [1.54, 1.807) is 18.1 Å². The number of fused-ring (bicyclic) bond motifs is 1. The highest BCUT2D eigenvalue weighted by Gasteiger charge is 2.41. The molecule has 39 heavy (non-hydrogen) atoms. The summed E-state index contributed by atoms with van der Waals surface area (Å²) in [5.41, 5.74) is 2.87. The molecule has 3 aliphatic rings. The summed E-state index contributed by atoms with van der Waals surface area (Å²) in [6.45, 7) is 3.55. The van der Waals surface area contributed by atoms with Crippen LogP contribution in [0, 0.1) is 11.3 Å². The van der Waals surface area contributed by atoms with Crippen LogP contribution >= 0.6 is 11.8 Å². The van der Waals surface area contributed by atoms with Gasteiger partial charge in [0.2, 0.25) is 11.8 Å². The summed E-state index contributed by atoms with van der Waals surface area (Å²) in [7, 11) is 3.49. The van der Waals surface area contributed by atoms with Crippen molar-refractivity contribution in [2.45, 2.75) is 37.0 Å². The molecule has 4 heterocycles. The van der Waals surface area contributed by atoms with E-state index in [-0.39, 0.29) is 16.7 Å². The lowest BCUT2D eigenvalue weighted by Crippen LogP contribution is -2.48. The topological polar surface area (TPSA) is 127 Å². The Kier molecular flexibility index (Phi) is 7.81. The summed E-state index contributed by atoms with van der Waals surface area (Å²) in [5.74, 6) is 1.39. The van der Waals surface area contributed by atoms with Gasteiger partial charge in [-0.2, -0.15) is 22.0 Å². The van der Waals surface area contributed by atoms with E-state index in [2.05, 4.69) is 27.9 Å². The highest BCUT2D eigenvalue weighted by atomic mass is 32.2. The van der Waals surface area contributed by atoms with E-state index in [1.807, 2.05) is 34.7 Å². The van der Waals surface area contributed by atoms with Crippen molar-refractivity contribution in [1.29, 1.82) is 5.26 Å². The van der Waals surface area contributed by atoms with Gasteiger partial charge < -0.3 is 15.0 Å². The van der Waals surface area contributed by atoms with Crippen LogP contribution < -0.4 is 20.3 Å². The number of anilines is 3. The number of piperazine rings is 1. The molecule has 2 aliphatic heterocycles. The molecule has 1 saturated heterocycles. The number of nitrogens with one attached hydrogen (secondary N) is 2. The molecule has 1 saturated carbocycles. The molecule has 2 aromatic rings. The molecule has 0 unspecified atom stereocenters. The number of nitriles is 1. The van der Waals surface area contributed by atoms with E-state index in [1.165, 1.54) is 6.20 Å². The number of aryl methyl sites for hydroxylation is 1. The fraction of sp³-hybridized carbons (Fsp3) is 0.519. The third kappa shape index (κ3) is 5.89. The number of pyridine rings is 2. The van der Waals surface area contributed by atoms with Gasteiger partial charge >= 0.3 is 6.03 Å². The number of carbonyl (C=O) groups is 2. The summed E-state index contributed by atoms with van der Waals surface area (Å²) >= 11 is 1.84. The molecule has 2 aromatic heterocycles. The summed E-state index contributed by atoms with van der Waals surface area (Å²) < 4.78 is 5.82. The van der Waals surface area contributed by atoms with E-state index in [4.69, 9.17) is 9.72 Å². The van der Waals surface area contributed by atoms with Gasteiger partial charge in [-0.15, -0.1) is 0 Å². The lowest BCUT2D eigenvalue weighted by Gasteiger charge is -2.33. The molecule has 2 fully saturated rings. The van der Waals surface area contributed by atoms with Crippen molar-refractivity contribution < 1.29 is 14.3 Å². The molecule has 206 valence electrons. The predicted molar refractivity (Wildman–Crippen MR) is 151 cm³/mol. The molecule has 3 amide bonds. The molecule has 0 aromatic carbocycles. The molecule has 12 heteroatoms. The smallest absolute Gasteiger partial charge is 0.328 e. The van der Waals surface area contributed by atoms with Gasteiger partial charge in [0.05, 0.1) is 31.5 Å². The van der Waals surface area contributed by atoms with Crippen LogP contribution in [0.2, 0.25) is 0 Å². The number of ether oxygens (including phenoxy) is 1. The van der Waals surface area contributed by atoms with Crippen LogP contribution in [-0.2, 0) is 17.8 Å². The summed E-state index contributed by atoms with van der Waals surface area (Å²) in [6.07, 6.45) is 7.44. The van der Waals surface area contributed by atoms with Crippen molar-refractivity contribution in [1.82, 2.24) is 19.8 Å². The zero-order valence-corrected chi connectivity index (χ0v) is 23.4. The maximum absolute atomic E-state index is 13.4. The Morgan fingerprint density at radius 1 is 1.28 bits per heavy atom. The second-order valence-corrected chi connectivity index (χ2v) is 11.6. The van der Waals surface area contributed by atoms with Crippen LogP contribution in [0.5, 0.6) is 5.88 Å². The summed E-state index contributed by atoms with van der Waals surface area (Å²) in [5, 5.41) is 15.8. The number of rotatable bonds is 8. The molecular formula is C27H34N8O3S. The van der Waals surface area contributed by atoms with Crippen LogP contribution in [0.1, 0.15) is 36.0 Å². The van der Waals surface area contributed by atoms with Crippen molar-refractivity contribution in [3.8, 4) is 11.9 Å². The monoisotopic (exact) mass is 550 g/mol. The van der Waals surface area contributed by atoms with Gasteiger partial charge in [0.15, 0.2) is 0 Å². The average molecular weight is 551 g/mol. The summed E-state index contributed by atoms with van der Waals surface area (Å²) in [6, 6.07) is 5.54. The SMILES string of the molecule is COc1nc2c(cc1CN1CCN(C)CC1=O)CCCN2C(=O)Nc1cc(NCC2(SC)CC2)c(C#N)cn1. The number of hydrogen-bond donors (Lipinski definition) is 2. The summed E-state index contributed by atoms with van der Waals surface area (Å²) in [4.78, 5) is 40.4. The number of likely N-dealkylation sites (N-methyl/N-ethyl adjacent to an activating group) is 1. The lowest BCUT2D eigenvalue weighted by molar-refractivity contribution is -0.136. The zero-order valence-electron chi connectivity index (χ0n) is 22.6. The van der Waals surface area contributed by atoms with Crippen LogP contribution in [-0.4, -0.2) is 89.6 Å². The molecule has 11 nitrogen and oxygen atoms in total. The van der Waals surface area contributed by atoms with E-state index < -0.39 is 0 Å². The first-order valence-corrected chi connectivity index (χ1v) is 14.4. The second kappa shape index (κ2) is 11.3. The number of methoxy groups -OCH3 is 1. The molecule has 0 radical (unpaired) electrons. The molecule has 2 N–H and O–H groups in total. The van der Waals surface area contributed by atoms with Gasteiger partial charge in [0.25, 0.3) is 0 Å². The first kappa shape index (κ1) is 27.0. The standard InChI is InChI=1S/C27H34N8O3S/c1-33-9-10-34(23(36)16-33)15-19-11-18-5-4-8-35(24(18)32-25(19)38-2)26(37)31-22-12-21(20(13-28)14-29-22)30-17-27(39-3)6-7-27/h11-12,14H,4-10,15-17H2,1-3H3,(H2,29,30,31,37). The van der Waals surface area contributed by atoms with Crippen LogP contribution in [0.4, 0.5) is 22.1 Å². The number of amides is 3. The van der Waals surface area contributed by atoms with Crippen LogP contribution in [0.25, 0.3) is 0 Å². The third-order valence-electron chi connectivity index (χ3n) is 7.61. The molecule has 1 aliphatic carbocycles. The Morgan fingerprint density at radius 2 is 2.10 bits per heavy atom. The minimum absolute atomic E-state index is 0.0778. The third-order valence-corrected chi connectivity index (χ3v) is 9.03. The fourth-order valence-corrected chi connectivity index (χ4v) is 5.73. The van der Waals surface area contributed by atoms with E-state index in [0.29, 0.717) is 54.9 Å². The highest BCUT2D eigenvalue weighted by Crippen LogP contribution is 2.47.